The Hall–Kier alpha value is -2.49. The molecular weight excluding hydrogens is 409 g/mol. The van der Waals surface area contributed by atoms with Gasteiger partial charge in [0.15, 0.2) is 0 Å². The predicted molar refractivity (Wildman–Crippen MR) is 103 cm³/mol. The maximum absolute atomic E-state index is 14.1. The monoisotopic (exact) mass is 427 g/mol. The van der Waals surface area contributed by atoms with Gasteiger partial charge in [-0.15, -0.1) is 0 Å². The van der Waals surface area contributed by atoms with Gasteiger partial charge in [-0.25, -0.2) is 12.8 Å². The normalized spacial score (nSPS) is 11.3. The molecular formula is C18H19ClFN3O4S. The Balaban J connectivity index is 2.22. The molecule has 0 aliphatic carbocycles. The Bertz CT molecular complexity index is 994. The number of hydrazine groups is 1. The van der Waals surface area contributed by atoms with Crippen LogP contribution in [0.5, 0.6) is 0 Å². The van der Waals surface area contributed by atoms with E-state index >= 15 is 0 Å². The largest absolute Gasteiger partial charge is 0.272 e. The second-order valence-electron chi connectivity index (χ2n) is 5.62. The lowest BCUT2D eigenvalue weighted by molar-refractivity contribution is 0.0844. The molecule has 0 fully saturated rings. The average Bonchev–Trinajstić information content (AvgIpc) is 2.67. The number of halogens is 2. The van der Waals surface area contributed by atoms with Crippen molar-refractivity contribution in [2.45, 2.75) is 18.7 Å². The Labute approximate surface area is 167 Å². The van der Waals surface area contributed by atoms with E-state index in [2.05, 4.69) is 10.9 Å². The number of carbonyl (C=O) groups is 2. The summed E-state index contributed by atoms with van der Waals surface area (Å²) in [5.41, 5.74) is 3.77. The van der Waals surface area contributed by atoms with Crippen molar-refractivity contribution in [2.75, 3.05) is 13.1 Å². The van der Waals surface area contributed by atoms with Crippen molar-refractivity contribution < 1.29 is 22.4 Å². The lowest BCUT2D eigenvalue weighted by Crippen LogP contribution is -2.42. The van der Waals surface area contributed by atoms with E-state index in [1.807, 2.05) is 0 Å². The number of benzene rings is 2. The molecule has 2 aromatic rings. The minimum Gasteiger partial charge on any atom is -0.267 e. The van der Waals surface area contributed by atoms with Gasteiger partial charge >= 0.3 is 0 Å². The second kappa shape index (κ2) is 9.13. The highest BCUT2D eigenvalue weighted by molar-refractivity contribution is 7.89. The molecule has 0 spiro atoms. The van der Waals surface area contributed by atoms with Gasteiger partial charge in [0.1, 0.15) is 5.82 Å². The van der Waals surface area contributed by atoms with Crippen molar-refractivity contribution in [2.24, 2.45) is 0 Å². The zero-order chi connectivity index (χ0) is 20.9. The first kappa shape index (κ1) is 21.8. The number of carbonyl (C=O) groups excluding carboxylic acids is 2. The maximum atomic E-state index is 14.1. The van der Waals surface area contributed by atoms with Crippen molar-refractivity contribution in [3.63, 3.8) is 0 Å². The Morgan fingerprint density at radius 1 is 1.00 bits per heavy atom. The summed E-state index contributed by atoms with van der Waals surface area (Å²) in [5.74, 6) is -2.64. The van der Waals surface area contributed by atoms with E-state index in [0.29, 0.717) is 0 Å². The van der Waals surface area contributed by atoms with Crippen LogP contribution in [-0.2, 0) is 10.0 Å². The van der Waals surface area contributed by atoms with Gasteiger partial charge in [0.2, 0.25) is 10.0 Å². The Morgan fingerprint density at radius 2 is 1.57 bits per heavy atom. The highest BCUT2D eigenvalue weighted by Crippen LogP contribution is 2.19. The van der Waals surface area contributed by atoms with Gasteiger partial charge in [0.05, 0.1) is 21.0 Å². The third-order valence-corrected chi connectivity index (χ3v) is 6.31. The van der Waals surface area contributed by atoms with Crippen LogP contribution in [0.3, 0.4) is 0 Å². The van der Waals surface area contributed by atoms with E-state index in [9.17, 15) is 22.4 Å². The van der Waals surface area contributed by atoms with E-state index in [1.165, 1.54) is 16.4 Å². The molecule has 7 nitrogen and oxygen atoms in total. The van der Waals surface area contributed by atoms with Crippen molar-refractivity contribution >= 4 is 33.4 Å². The third kappa shape index (κ3) is 4.67. The summed E-state index contributed by atoms with van der Waals surface area (Å²) < 4.78 is 40.4. The molecule has 28 heavy (non-hydrogen) atoms. The Morgan fingerprint density at radius 3 is 2.14 bits per heavy atom. The Kier molecular flexibility index (Phi) is 7.11. The van der Waals surface area contributed by atoms with Crippen LogP contribution in [0.1, 0.15) is 34.6 Å². The molecule has 0 aliphatic rings. The first-order chi connectivity index (χ1) is 13.2. The number of nitrogens with one attached hydrogen (secondary N) is 2. The van der Waals surface area contributed by atoms with Gasteiger partial charge in [-0.1, -0.05) is 37.6 Å². The molecule has 0 atom stereocenters. The van der Waals surface area contributed by atoms with Crippen LogP contribution in [-0.4, -0.2) is 37.6 Å². The highest BCUT2D eigenvalue weighted by Gasteiger charge is 2.24. The van der Waals surface area contributed by atoms with E-state index in [4.69, 9.17) is 11.6 Å². The zero-order valence-corrected chi connectivity index (χ0v) is 16.8. The molecule has 0 bridgehead atoms. The molecule has 0 radical (unpaired) electrons. The molecule has 2 amide bonds. The van der Waals surface area contributed by atoms with Crippen LogP contribution < -0.4 is 10.9 Å². The second-order valence-corrected chi connectivity index (χ2v) is 7.96. The minimum absolute atomic E-state index is 0.114. The number of hydrogen-bond donors (Lipinski definition) is 2. The molecule has 0 saturated heterocycles. The standard InChI is InChI=1S/C18H19ClFN3O4S/c1-3-23(4-2)28(26,27)12-9-10-16(20)14(11-12)18(25)22-21-17(24)13-7-5-6-8-15(13)19/h5-11H,3-4H2,1-2H3,(H,21,24)(H,22,25). The number of sulfonamides is 1. The van der Waals surface area contributed by atoms with Gasteiger partial charge < -0.3 is 0 Å². The molecule has 0 unspecified atom stereocenters. The SMILES string of the molecule is CCN(CC)S(=O)(=O)c1ccc(F)c(C(=O)NNC(=O)c2ccccc2Cl)c1. The van der Waals surface area contributed by atoms with E-state index < -0.39 is 33.2 Å². The molecule has 0 heterocycles. The zero-order valence-electron chi connectivity index (χ0n) is 15.2. The van der Waals surface area contributed by atoms with Crippen LogP contribution in [0.2, 0.25) is 5.02 Å². The van der Waals surface area contributed by atoms with Crippen molar-refractivity contribution in [3.05, 3.63) is 64.4 Å². The summed E-state index contributed by atoms with van der Waals surface area (Å²) in [4.78, 5) is 24.1. The van der Waals surface area contributed by atoms with Crippen molar-refractivity contribution in [3.8, 4) is 0 Å². The van der Waals surface area contributed by atoms with E-state index in [0.717, 1.165) is 18.2 Å². The molecule has 10 heteroatoms. The van der Waals surface area contributed by atoms with E-state index in [-0.39, 0.29) is 28.6 Å². The summed E-state index contributed by atoms with van der Waals surface area (Å²) in [5, 5.41) is 0.174. The molecule has 2 aromatic carbocycles. The molecule has 2 N–H and O–H groups in total. The fourth-order valence-electron chi connectivity index (χ4n) is 2.44. The van der Waals surface area contributed by atoms with Crippen LogP contribution in [0.15, 0.2) is 47.4 Å². The third-order valence-electron chi connectivity index (χ3n) is 3.93. The van der Waals surface area contributed by atoms with Gasteiger partial charge in [-0.2, -0.15) is 4.31 Å². The first-order valence-electron chi connectivity index (χ1n) is 8.37. The summed E-state index contributed by atoms with van der Waals surface area (Å²) in [6.45, 7) is 3.79. The number of nitrogens with zero attached hydrogens (tertiary/aromatic N) is 1. The van der Waals surface area contributed by atoms with E-state index in [1.54, 1.807) is 26.0 Å². The molecule has 2 rings (SSSR count). The molecule has 0 aromatic heterocycles. The fourth-order valence-corrected chi connectivity index (χ4v) is 4.15. The lowest BCUT2D eigenvalue weighted by Gasteiger charge is -2.19. The van der Waals surface area contributed by atoms with Crippen LogP contribution in [0, 0.1) is 5.82 Å². The summed E-state index contributed by atoms with van der Waals surface area (Å²) >= 11 is 5.90. The topological polar surface area (TPSA) is 95.6 Å². The van der Waals surface area contributed by atoms with Gasteiger partial charge in [0.25, 0.3) is 11.8 Å². The van der Waals surface area contributed by atoms with Crippen LogP contribution in [0.4, 0.5) is 4.39 Å². The quantitative estimate of drug-likeness (QED) is 0.692. The molecule has 0 aliphatic heterocycles. The smallest absolute Gasteiger partial charge is 0.267 e. The first-order valence-corrected chi connectivity index (χ1v) is 10.2. The van der Waals surface area contributed by atoms with Gasteiger partial charge in [-0.05, 0) is 30.3 Å². The summed E-state index contributed by atoms with van der Waals surface area (Å²) in [6.07, 6.45) is 0. The average molecular weight is 428 g/mol. The van der Waals surface area contributed by atoms with Crippen molar-refractivity contribution in [1.29, 1.82) is 0 Å². The predicted octanol–water partition coefficient (Wildman–Crippen LogP) is 2.58. The number of amides is 2. The summed E-state index contributed by atoms with van der Waals surface area (Å²) in [6, 6.07) is 9.07. The molecule has 0 saturated carbocycles. The summed E-state index contributed by atoms with van der Waals surface area (Å²) in [7, 11) is -3.87. The molecule has 150 valence electrons. The number of hydrogen-bond acceptors (Lipinski definition) is 4. The van der Waals surface area contributed by atoms with Gasteiger partial charge in [-0.3, -0.25) is 20.4 Å². The van der Waals surface area contributed by atoms with Crippen LogP contribution in [0.25, 0.3) is 0 Å². The van der Waals surface area contributed by atoms with Gasteiger partial charge in [0, 0.05) is 13.1 Å². The minimum atomic E-state index is -3.87. The maximum Gasteiger partial charge on any atom is 0.272 e. The van der Waals surface area contributed by atoms with Crippen molar-refractivity contribution in [1.82, 2.24) is 15.2 Å². The van der Waals surface area contributed by atoms with Crippen LogP contribution >= 0.6 is 11.6 Å². The highest BCUT2D eigenvalue weighted by atomic mass is 35.5. The lowest BCUT2D eigenvalue weighted by atomic mass is 10.2. The number of rotatable bonds is 6. The fraction of sp³-hybridized carbons (Fsp3) is 0.222.